The number of ether oxygens (including phenoxy) is 2. The molecule has 0 heterocycles. The Bertz CT molecular complexity index is 752. The highest BCUT2D eigenvalue weighted by atomic mass is 32.2. The zero-order chi connectivity index (χ0) is 26.6. The highest BCUT2D eigenvalue weighted by Gasteiger charge is 2.59. The normalized spacial score (nSPS) is 39.0. The van der Waals surface area contributed by atoms with E-state index in [4.69, 9.17) is 9.47 Å². The topological polar surface area (TPSA) is 38.7 Å². The third kappa shape index (κ3) is 6.66. The summed E-state index contributed by atoms with van der Waals surface area (Å²) in [6, 6.07) is 0. The Balaban J connectivity index is 1.30. The van der Waals surface area contributed by atoms with Gasteiger partial charge in [-0.15, -0.1) is 0 Å². The molecule has 37 heavy (non-hydrogen) atoms. The van der Waals surface area contributed by atoms with Gasteiger partial charge in [-0.1, -0.05) is 65.5 Å². The van der Waals surface area contributed by atoms with Gasteiger partial charge in [-0.3, -0.25) is 0 Å². The predicted molar refractivity (Wildman–Crippen MR) is 158 cm³/mol. The Morgan fingerprint density at radius 1 is 1.03 bits per heavy atom. The van der Waals surface area contributed by atoms with Gasteiger partial charge < -0.3 is 14.6 Å². The van der Waals surface area contributed by atoms with Gasteiger partial charge in [-0.25, -0.2) is 0 Å². The average Bonchev–Trinajstić information content (AvgIpc) is 3.23. The molecule has 214 valence electrons. The summed E-state index contributed by atoms with van der Waals surface area (Å²) in [6.07, 6.45) is 18.7. The second-order valence-electron chi connectivity index (χ2n) is 14.1. The largest absolute Gasteiger partial charge is 0.378 e. The average molecular weight is 535 g/mol. The number of allylic oxidation sites excluding steroid dienone is 1. The van der Waals surface area contributed by atoms with Crippen LogP contribution < -0.4 is 0 Å². The second-order valence-corrected chi connectivity index (χ2v) is 15.3. The lowest BCUT2D eigenvalue weighted by molar-refractivity contribution is -0.0638. The number of methoxy groups -OCH3 is 1. The van der Waals surface area contributed by atoms with E-state index in [0.29, 0.717) is 22.7 Å². The van der Waals surface area contributed by atoms with Gasteiger partial charge in [0.25, 0.3) is 0 Å². The minimum atomic E-state index is -0.644. The zero-order valence-electron chi connectivity index (χ0n) is 25.0. The molecule has 3 saturated carbocycles. The van der Waals surface area contributed by atoms with Crippen molar-refractivity contribution in [3.63, 3.8) is 0 Å². The van der Waals surface area contributed by atoms with Crippen LogP contribution >= 0.6 is 11.8 Å². The van der Waals surface area contributed by atoms with E-state index in [0.717, 1.165) is 60.7 Å². The molecule has 0 spiro atoms. The first kappa shape index (κ1) is 29.9. The van der Waals surface area contributed by atoms with E-state index < -0.39 is 6.29 Å². The Hall–Kier alpha value is -0.0300. The van der Waals surface area contributed by atoms with Gasteiger partial charge in [0.1, 0.15) is 0 Å². The molecule has 0 aromatic carbocycles. The van der Waals surface area contributed by atoms with Gasteiger partial charge in [0, 0.05) is 19.5 Å². The summed E-state index contributed by atoms with van der Waals surface area (Å²) < 4.78 is 11.3. The number of rotatable bonds is 13. The Morgan fingerprint density at radius 2 is 1.84 bits per heavy atom. The summed E-state index contributed by atoms with van der Waals surface area (Å²) in [5, 5.41) is 9.50. The highest BCUT2D eigenvalue weighted by molar-refractivity contribution is 7.99. The first-order chi connectivity index (χ1) is 17.7. The van der Waals surface area contributed by atoms with Crippen LogP contribution in [0.3, 0.4) is 0 Å². The zero-order valence-corrected chi connectivity index (χ0v) is 25.8. The summed E-state index contributed by atoms with van der Waals surface area (Å²) in [6.45, 7) is 13.5. The number of hydrogen-bond acceptors (Lipinski definition) is 4. The van der Waals surface area contributed by atoms with Crippen molar-refractivity contribution in [3.8, 4) is 0 Å². The predicted octanol–water partition coefficient (Wildman–Crippen LogP) is 8.50. The molecular formula is C33H58O3S. The number of fused-ring (bicyclic) bond motifs is 5. The van der Waals surface area contributed by atoms with Crippen molar-refractivity contribution in [3.05, 3.63) is 11.6 Å². The Morgan fingerprint density at radius 3 is 2.59 bits per heavy atom. The van der Waals surface area contributed by atoms with Crippen LogP contribution in [0.25, 0.3) is 0 Å². The minimum Gasteiger partial charge on any atom is -0.378 e. The maximum absolute atomic E-state index is 9.50. The molecule has 1 N–H and O–H groups in total. The molecule has 4 heteroatoms. The quantitative estimate of drug-likeness (QED) is 0.146. The molecular weight excluding hydrogens is 476 g/mol. The van der Waals surface area contributed by atoms with Crippen LogP contribution in [0.2, 0.25) is 0 Å². The van der Waals surface area contributed by atoms with Crippen molar-refractivity contribution in [2.24, 2.45) is 46.3 Å². The SMILES string of the molecule is COC(O)CSCCCO[C@H]1CC[C@@]2(C)C(=CCC3C2CC[C@@]2(C)C3CC[C@@H]2[C@H](C)CCCC(C)C)C1. The van der Waals surface area contributed by atoms with Gasteiger partial charge in [0.2, 0.25) is 0 Å². The van der Waals surface area contributed by atoms with Gasteiger partial charge >= 0.3 is 0 Å². The minimum absolute atomic E-state index is 0.404. The first-order valence-electron chi connectivity index (χ1n) is 15.8. The van der Waals surface area contributed by atoms with Crippen molar-refractivity contribution >= 4 is 11.8 Å². The fourth-order valence-corrected chi connectivity index (χ4v) is 10.3. The van der Waals surface area contributed by atoms with E-state index >= 15 is 0 Å². The van der Waals surface area contributed by atoms with Crippen molar-refractivity contribution in [1.82, 2.24) is 0 Å². The number of aliphatic hydroxyl groups excluding tert-OH is 1. The smallest absolute Gasteiger partial charge is 0.163 e. The van der Waals surface area contributed by atoms with Crippen molar-refractivity contribution < 1.29 is 14.6 Å². The molecule has 0 bridgehead atoms. The van der Waals surface area contributed by atoms with Gasteiger partial charge in [0.05, 0.1) is 6.10 Å². The third-order valence-corrected chi connectivity index (χ3v) is 12.7. The monoisotopic (exact) mass is 534 g/mol. The third-order valence-electron chi connectivity index (χ3n) is 11.6. The molecule has 4 aliphatic rings. The van der Waals surface area contributed by atoms with Crippen molar-refractivity contribution in [2.45, 2.75) is 124 Å². The molecule has 3 fully saturated rings. The number of aliphatic hydroxyl groups is 1. The molecule has 4 unspecified atom stereocenters. The fourth-order valence-electron chi connectivity index (χ4n) is 9.46. The lowest BCUT2D eigenvalue weighted by Crippen LogP contribution is -2.51. The van der Waals surface area contributed by atoms with Crippen LogP contribution in [0, 0.1) is 46.3 Å². The van der Waals surface area contributed by atoms with Crippen LogP contribution in [0.15, 0.2) is 11.6 Å². The molecule has 0 aromatic heterocycles. The summed E-state index contributed by atoms with van der Waals surface area (Å²) >= 11 is 1.75. The van der Waals surface area contributed by atoms with Crippen LogP contribution in [0.4, 0.5) is 0 Å². The fraction of sp³-hybridized carbons (Fsp3) is 0.939. The Labute approximate surface area is 233 Å². The van der Waals surface area contributed by atoms with Crippen LogP contribution in [0.1, 0.15) is 112 Å². The molecule has 0 amide bonds. The molecule has 0 saturated heterocycles. The lowest BCUT2D eigenvalue weighted by atomic mass is 9.47. The highest BCUT2D eigenvalue weighted by Crippen LogP contribution is 2.67. The van der Waals surface area contributed by atoms with Crippen LogP contribution in [-0.4, -0.2) is 42.7 Å². The van der Waals surface area contributed by atoms with E-state index in [1.165, 1.54) is 64.2 Å². The number of thioether (sulfide) groups is 1. The summed E-state index contributed by atoms with van der Waals surface area (Å²) in [5.74, 6) is 7.11. The molecule has 0 aliphatic heterocycles. The van der Waals surface area contributed by atoms with Gasteiger partial charge in [-0.05, 0) is 110 Å². The molecule has 0 radical (unpaired) electrons. The lowest BCUT2D eigenvalue weighted by Gasteiger charge is -2.58. The maximum Gasteiger partial charge on any atom is 0.163 e. The van der Waals surface area contributed by atoms with E-state index in [1.54, 1.807) is 24.4 Å². The summed E-state index contributed by atoms with van der Waals surface area (Å²) in [7, 11) is 1.56. The molecule has 0 aromatic rings. The standard InChI is InChI=1S/C33H58O3S/c1-23(2)9-7-10-24(3)28-13-14-29-27-12-11-25-21-26(36-19-8-20-37-22-31(34)35-6)15-17-32(25,4)30(27)16-18-33(28,29)5/h11,23-24,26-31,34H,7-10,12-22H2,1-6H3/t24-,26+,27?,28-,29?,30?,31?,32+,33-/m1/s1. The van der Waals surface area contributed by atoms with Crippen LogP contribution in [-0.2, 0) is 9.47 Å². The Kier molecular flexibility index (Phi) is 10.6. The van der Waals surface area contributed by atoms with E-state index in [1.807, 2.05) is 0 Å². The van der Waals surface area contributed by atoms with Crippen molar-refractivity contribution in [1.29, 1.82) is 0 Å². The first-order valence-corrected chi connectivity index (χ1v) is 16.9. The van der Waals surface area contributed by atoms with Gasteiger partial charge in [0.15, 0.2) is 6.29 Å². The summed E-state index contributed by atoms with van der Waals surface area (Å²) in [5.41, 5.74) is 2.73. The van der Waals surface area contributed by atoms with E-state index in [2.05, 4.69) is 40.7 Å². The van der Waals surface area contributed by atoms with Crippen molar-refractivity contribution in [2.75, 3.05) is 25.2 Å². The molecule has 3 nitrogen and oxygen atoms in total. The van der Waals surface area contributed by atoms with Gasteiger partial charge in [-0.2, -0.15) is 11.8 Å². The van der Waals surface area contributed by atoms with E-state index in [-0.39, 0.29) is 0 Å². The van der Waals surface area contributed by atoms with E-state index in [9.17, 15) is 5.11 Å². The number of hydrogen-bond donors (Lipinski definition) is 1. The summed E-state index contributed by atoms with van der Waals surface area (Å²) in [4.78, 5) is 0. The van der Waals surface area contributed by atoms with Crippen LogP contribution in [0.5, 0.6) is 0 Å². The molecule has 4 aliphatic carbocycles. The molecule has 9 atom stereocenters. The molecule has 4 rings (SSSR count). The maximum atomic E-state index is 9.50. The second kappa shape index (κ2) is 13.1.